The fraction of sp³-hybridized carbons (Fsp3) is 0.452. The number of allylic oxidation sites excluding steroid dienone is 1. The Morgan fingerprint density at radius 2 is 1.88 bits per heavy atom. The number of hydrogen-bond acceptors (Lipinski definition) is 9. The Labute approximate surface area is 235 Å². The van der Waals surface area contributed by atoms with Gasteiger partial charge in [0, 0.05) is 67.7 Å². The number of rotatable bonds is 7. The van der Waals surface area contributed by atoms with E-state index >= 15 is 0 Å². The molecule has 1 aromatic heterocycles. The molecule has 1 atom stereocenters. The molecule has 0 aliphatic carbocycles. The van der Waals surface area contributed by atoms with Crippen LogP contribution in [0.5, 0.6) is 11.8 Å². The van der Waals surface area contributed by atoms with Crippen LogP contribution in [0.2, 0.25) is 0 Å². The second kappa shape index (κ2) is 11.7. The number of carbonyl (C=O) groups excluding carboxylic acids is 1. The first-order valence-electron chi connectivity index (χ1n) is 14.4. The molecule has 2 aromatic carbocycles. The first-order valence-corrected chi connectivity index (χ1v) is 14.4. The highest BCUT2D eigenvalue weighted by Gasteiger charge is 2.29. The zero-order chi connectivity index (χ0) is 27.5. The van der Waals surface area contributed by atoms with Gasteiger partial charge in [0.1, 0.15) is 24.5 Å². The van der Waals surface area contributed by atoms with Crippen LogP contribution in [0.15, 0.2) is 48.7 Å². The number of phenols is 1. The summed E-state index contributed by atoms with van der Waals surface area (Å²) in [5, 5.41) is 12.6. The molecule has 210 valence electrons. The number of piperidine rings is 1. The third-order valence-electron chi connectivity index (χ3n) is 8.50. The van der Waals surface area contributed by atoms with Crippen molar-refractivity contribution in [1.29, 1.82) is 0 Å². The summed E-state index contributed by atoms with van der Waals surface area (Å²) in [7, 11) is 2.17. The molecule has 0 unspecified atom stereocenters. The molecule has 0 spiro atoms. The molecule has 9 heteroatoms. The molecule has 0 saturated carbocycles. The number of hydrogen-bond donors (Lipinski definition) is 1. The highest BCUT2D eigenvalue weighted by Crippen LogP contribution is 2.36. The number of likely N-dealkylation sites (tertiary alicyclic amines) is 1. The second-order valence-corrected chi connectivity index (χ2v) is 11.1. The van der Waals surface area contributed by atoms with E-state index in [0.29, 0.717) is 25.2 Å². The van der Waals surface area contributed by atoms with E-state index in [4.69, 9.17) is 14.7 Å². The van der Waals surface area contributed by atoms with Crippen molar-refractivity contribution in [2.24, 2.45) is 0 Å². The number of aromatic hydroxyl groups is 1. The number of anilines is 2. The maximum atomic E-state index is 10.8. The standard InChI is InChI=1S/C31H38N6O3/c1-34-11-5-4-8-24(34)22-40-31-32-28-21-37(29-20-25(39)19-23-7-2-3-9-26(23)29)13-10-27(28)30(33-31)36-16-14-35(15-17-36)12-6-18-38/h2-3,6-7,9,12,18-20,24,39H,4-5,8,10-11,13-17,21-22H2,1H3/t24-/m1/s1. The Bertz CT molecular complexity index is 1390. The molecule has 0 bridgehead atoms. The van der Waals surface area contributed by atoms with Gasteiger partial charge in [0.2, 0.25) is 0 Å². The number of aromatic nitrogens is 2. The summed E-state index contributed by atoms with van der Waals surface area (Å²) in [5.74, 6) is 1.24. The number of nitrogens with zero attached hydrogens (tertiary/aromatic N) is 6. The number of benzene rings is 2. The third-order valence-corrected chi connectivity index (χ3v) is 8.50. The van der Waals surface area contributed by atoms with Crippen LogP contribution in [0.1, 0.15) is 30.5 Å². The number of carbonyl (C=O) groups is 1. The van der Waals surface area contributed by atoms with E-state index in [1.165, 1.54) is 18.4 Å². The summed E-state index contributed by atoms with van der Waals surface area (Å²) in [6.07, 6.45) is 8.64. The highest BCUT2D eigenvalue weighted by molar-refractivity contribution is 5.95. The van der Waals surface area contributed by atoms with Crippen molar-refractivity contribution in [1.82, 2.24) is 19.8 Å². The van der Waals surface area contributed by atoms with Crippen molar-refractivity contribution in [3.8, 4) is 11.8 Å². The Morgan fingerprint density at radius 1 is 1.02 bits per heavy atom. The number of ether oxygens (including phenoxy) is 1. The normalized spacial score (nSPS) is 20.2. The summed E-state index contributed by atoms with van der Waals surface area (Å²) >= 11 is 0. The van der Waals surface area contributed by atoms with Crippen molar-refractivity contribution in [3.63, 3.8) is 0 Å². The van der Waals surface area contributed by atoms with Crippen LogP contribution < -0.4 is 14.5 Å². The van der Waals surface area contributed by atoms with E-state index in [1.54, 1.807) is 6.08 Å². The molecular weight excluding hydrogens is 504 g/mol. The summed E-state index contributed by atoms with van der Waals surface area (Å²) in [4.78, 5) is 29.9. The summed E-state index contributed by atoms with van der Waals surface area (Å²) < 4.78 is 6.31. The van der Waals surface area contributed by atoms with E-state index in [1.807, 2.05) is 36.5 Å². The first-order chi connectivity index (χ1) is 19.6. The predicted octanol–water partition coefficient (Wildman–Crippen LogP) is 3.60. The van der Waals surface area contributed by atoms with E-state index in [2.05, 4.69) is 32.7 Å². The third kappa shape index (κ3) is 5.56. The SMILES string of the molecule is CN1CCCC[C@@H]1COc1nc2c(c(N3CCN(C=CC=O)CC3)n1)CCN(c1cc(O)cc3ccccc13)C2. The number of piperazine rings is 1. The van der Waals surface area contributed by atoms with E-state index < -0.39 is 0 Å². The molecule has 6 rings (SSSR count). The van der Waals surface area contributed by atoms with Crippen LogP contribution in [0, 0.1) is 0 Å². The number of aldehydes is 1. The molecule has 1 N–H and O–H groups in total. The molecule has 2 saturated heterocycles. The Kier molecular flexibility index (Phi) is 7.73. The lowest BCUT2D eigenvalue weighted by Gasteiger charge is -2.38. The largest absolute Gasteiger partial charge is 0.508 e. The quantitative estimate of drug-likeness (QED) is 0.356. The molecule has 3 aliphatic rings. The molecule has 9 nitrogen and oxygen atoms in total. The van der Waals surface area contributed by atoms with E-state index in [9.17, 15) is 9.90 Å². The van der Waals surface area contributed by atoms with Gasteiger partial charge in [-0.1, -0.05) is 30.7 Å². The lowest BCUT2D eigenvalue weighted by atomic mass is 10.0. The average Bonchev–Trinajstić information content (AvgIpc) is 2.98. The molecular formula is C31H38N6O3. The van der Waals surface area contributed by atoms with Gasteiger partial charge in [-0.3, -0.25) is 4.79 Å². The van der Waals surface area contributed by atoms with Crippen LogP contribution in [-0.4, -0.2) is 90.1 Å². The number of phenolic OH excluding ortho intramolecular Hbond substituents is 1. The lowest BCUT2D eigenvalue weighted by Crippen LogP contribution is -2.45. The molecule has 4 heterocycles. The van der Waals surface area contributed by atoms with Gasteiger partial charge in [0.05, 0.1) is 12.2 Å². The predicted molar refractivity (Wildman–Crippen MR) is 157 cm³/mol. The fourth-order valence-electron chi connectivity index (χ4n) is 6.22. The second-order valence-electron chi connectivity index (χ2n) is 11.1. The fourth-order valence-corrected chi connectivity index (χ4v) is 6.22. The van der Waals surface area contributed by atoms with Crippen molar-refractivity contribution < 1.29 is 14.6 Å². The minimum Gasteiger partial charge on any atom is -0.508 e. The average molecular weight is 543 g/mol. The van der Waals surface area contributed by atoms with Crippen molar-refractivity contribution >= 4 is 28.6 Å². The molecule has 3 aromatic rings. The molecule has 0 radical (unpaired) electrons. The van der Waals surface area contributed by atoms with Crippen molar-refractivity contribution in [2.75, 3.05) is 62.7 Å². The van der Waals surface area contributed by atoms with Gasteiger partial charge in [-0.2, -0.15) is 9.97 Å². The van der Waals surface area contributed by atoms with Crippen LogP contribution in [0.3, 0.4) is 0 Å². The highest BCUT2D eigenvalue weighted by atomic mass is 16.5. The van der Waals surface area contributed by atoms with Gasteiger partial charge in [0.25, 0.3) is 0 Å². The molecule has 40 heavy (non-hydrogen) atoms. The maximum absolute atomic E-state index is 10.8. The Hall–Kier alpha value is -3.85. The summed E-state index contributed by atoms with van der Waals surface area (Å²) in [6.45, 7) is 6.41. The van der Waals surface area contributed by atoms with Gasteiger partial charge in [0.15, 0.2) is 0 Å². The monoisotopic (exact) mass is 542 g/mol. The smallest absolute Gasteiger partial charge is 0.318 e. The zero-order valence-electron chi connectivity index (χ0n) is 23.2. The summed E-state index contributed by atoms with van der Waals surface area (Å²) in [5.41, 5.74) is 3.18. The van der Waals surface area contributed by atoms with Gasteiger partial charge >= 0.3 is 6.01 Å². The zero-order valence-corrected chi connectivity index (χ0v) is 23.2. The first kappa shape index (κ1) is 26.4. The van der Waals surface area contributed by atoms with Crippen molar-refractivity contribution in [3.05, 3.63) is 59.9 Å². The topological polar surface area (TPSA) is 85.3 Å². The van der Waals surface area contributed by atoms with E-state index in [-0.39, 0.29) is 5.75 Å². The molecule has 0 amide bonds. The van der Waals surface area contributed by atoms with Crippen molar-refractivity contribution in [2.45, 2.75) is 38.3 Å². The Balaban J connectivity index is 1.30. The molecule has 3 aliphatic heterocycles. The van der Waals surface area contributed by atoms with Gasteiger partial charge in [-0.25, -0.2) is 0 Å². The minimum atomic E-state index is 0.269. The van der Waals surface area contributed by atoms with Crippen LogP contribution in [0.4, 0.5) is 11.5 Å². The maximum Gasteiger partial charge on any atom is 0.318 e. The minimum absolute atomic E-state index is 0.269. The van der Waals surface area contributed by atoms with E-state index in [0.717, 1.165) is 86.4 Å². The van der Waals surface area contributed by atoms with Gasteiger partial charge in [-0.15, -0.1) is 0 Å². The van der Waals surface area contributed by atoms with Crippen LogP contribution in [0.25, 0.3) is 10.8 Å². The number of fused-ring (bicyclic) bond motifs is 2. The Morgan fingerprint density at radius 3 is 2.70 bits per heavy atom. The summed E-state index contributed by atoms with van der Waals surface area (Å²) in [6, 6.07) is 12.7. The van der Waals surface area contributed by atoms with Crippen LogP contribution >= 0.6 is 0 Å². The van der Waals surface area contributed by atoms with Crippen LogP contribution in [-0.2, 0) is 17.8 Å². The van der Waals surface area contributed by atoms with Gasteiger partial charge in [-0.05, 0) is 50.4 Å². The van der Waals surface area contributed by atoms with Gasteiger partial charge < -0.3 is 29.4 Å². The number of likely N-dealkylation sites (N-methyl/N-ethyl adjacent to an activating group) is 1. The molecule has 2 fully saturated rings. The lowest BCUT2D eigenvalue weighted by molar-refractivity contribution is -0.104.